The number of halogens is 1. The van der Waals surface area contributed by atoms with Crippen LogP contribution in [0.2, 0.25) is 5.02 Å². The van der Waals surface area contributed by atoms with Crippen molar-refractivity contribution in [1.82, 2.24) is 10.3 Å². The smallest absolute Gasteiger partial charge is 0.270 e. The van der Waals surface area contributed by atoms with E-state index in [1.54, 1.807) is 24.4 Å². The fourth-order valence-corrected chi connectivity index (χ4v) is 2.48. The van der Waals surface area contributed by atoms with E-state index in [1.807, 2.05) is 36.4 Å². The Kier molecular flexibility index (Phi) is 3.84. The van der Waals surface area contributed by atoms with Gasteiger partial charge in [0.15, 0.2) is 0 Å². The van der Waals surface area contributed by atoms with Crippen molar-refractivity contribution in [1.29, 1.82) is 0 Å². The molecule has 3 aromatic rings. The monoisotopic (exact) mass is 296 g/mol. The molecule has 0 radical (unpaired) electrons. The molecule has 1 amide bonds. The zero-order chi connectivity index (χ0) is 14.7. The summed E-state index contributed by atoms with van der Waals surface area (Å²) < 4.78 is 0. The molecule has 0 unspecified atom stereocenters. The summed E-state index contributed by atoms with van der Waals surface area (Å²) in [5.41, 5.74) is 1.31. The number of nitrogens with one attached hydrogen (secondary N) is 1. The van der Waals surface area contributed by atoms with Gasteiger partial charge in [0, 0.05) is 17.8 Å². The molecule has 21 heavy (non-hydrogen) atoms. The van der Waals surface area contributed by atoms with Gasteiger partial charge in [0.05, 0.1) is 0 Å². The Morgan fingerprint density at radius 1 is 1.05 bits per heavy atom. The number of carbonyl (C=O) groups excluding carboxylic acids is 1. The van der Waals surface area contributed by atoms with Crippen LogP contribution < -0.4 is 5.32 Å². The minimum Gasteiger partial charge on any atom is -0.347 e. The number of hydrogen-bond donors (Lipinski definition) is 1. The number of nitrogens with zero attached hydrogens (tertiary/aromatic N) is 1. The lowest BCUT2D eigenvalue weighted by Crippen LogP contribution is -2.23. The van der Waals surface area contributed by atoms with E-state index in [0.717, 1.165) is 16.3 Å². The largest absolute Gasteiger partial charge is 0.347 e. The molecule has 1 N–H and O–H groups in total. The van der Waals surface area contributed by atoms with E-state index in [-0.39, 0.29) is 5.91 Å². The first-order valence-corrected chi connectivity index (χ1v) is 6.99. The van der Waals surface area contributed by atoms with E-state index in [1.165, 1.54) is 0 Å². The summed E-state index contributed by atoms with van der Waals surface area (Å²) in [5, 5.41) is 5.66. The maximum Gasteiger partial charge on any atom is 0.270 e. The van der Waals surface area contributed by atoms with Gasteiger partial charge in [-0.1, -0.05) is 48.0 Å². The third-order valence-electron chi connectivity index (χ3n) is 3.31. The molecule has 104 valence electrons. The summed E-state index contributed by atoms with van der Waals surface area (Å²) in [4.78, 5) is 16.1. The summed E-state index contributed by atoms with van der Waals surface area (Å²) in [7, 11) is 0. The Morgan fingerprint density at radius 2 is 1.86 bits per heavy atom. The zero-order valence-corrected chi connectivity index (χ0v) is 12.0. The van der Waals surface area contributed by atoms with Gasteiger partial charge in [0.25, 0.3) is 5.91 Å². The normalized spacial score (nSPS) is 10.5. The van der Waals surface area contributed by atoms with Gasteiger partial charge in [-0.3, -0.25) is 9.78 Å². The number of benzene rings is 2. The van der Waals surface area contributed by atoms with E-state index < -0.39 is 0 Å². The molecule has 3 rings (SSSR count). The predicted octanol–water partition coefficient (Wildman–Crippen LogP) is 3.82. The Balaban J connectivity index is 1.86. The van der Waals surface area contributed by atoms with Gasteiger partial charge in [0.2, 0.25) is 0 Å². The second kappa shape index (κ2) is 5.94. The Labute approximate surface area is 127 Å². The minimum atomic E-state index is -0.209. The van der Waals surface area contributed by atoms with Crippen LogP contribution >= 0.6 is 11.6 Å². The predicted molar refractivity (Wildman–Crippen MR) is 84.4 cm³/mol. The Hall–Kier alpha value is -2.39. The van der Waals surface area contributed by atoms with Crippen molar-refractivity contribution >= 4 is 28.3 Å². The molecule has 1 aromatic heterocycles. The first-order chi connectivity index (χ1) is 10.3. The van der Waals surface area contributed by atoms with Crippen LogP contribution in [0.1, 0.15) is 16.1 Å². The van der Waals surface area contributed by atoms with Crippen LogP contribution in [0.15, 0.2) is 60.8 Å². The molecule has 0 atom stereocenters. The number of amides is 1. The van der Waals surface area contributed by atoms with Crippen LogP contribution in [0.5, 0.6) is 0 Å². The van der Waals surface area contributed by atoms with E-state index in [4.69, 9.17) is 11.6 Å². The average molecular weight is 297 g/mol. The molecule has 0 saturated carbocycles. The molecule has 1 heterocycles. The van der Waals surface area contributed by atoms with Crippen LogP contribution in [-0.2, 0) is 6.54 Å². The molecular weight excluding hydrogens is 284 g/mol. The van der Waals surface area contributed by atoms with Crippen molar-refractivity contribution < 1.29 is 4.79 Å². The number of carbonyl (C=O) groups is 1. The Morgan fingerprint density at radius 3 is 2.67 bits per heavy atom. The SMILES string of the molecule is O=C(NCc1c(Cl)ccc2ccccc12)c1ccccn1. The lowest BCUT2D eigenvalue weighted by atomic mass is 10.0. The molecule has 0 aliphatic rings. The number of pyridine rings is 1. The lowest BCUT2D eigenvalue weighted by molar-refractivity contribution is 0.0946. The average Bonchev–Trinajstić information content (AvgIpc) is 2.54. The van der Waals surface area contributed by atoms with E-state index in [0.29, 0.717) is 17.3 Å². The van der Waals surface area contributed by atoms with Crippen molar-refractivity contribution in [2.45, 2.75) is 6.54 Å². The summed E-state index contributed by atoms with van der Waals surface area (Å²) in [6, 6.07) is 17.0. The minimum absolute atomic E-state index is 0.209. The maximum atomic E-state index is 12.0. The van der Waals surface area contributed by atoms with Crippen molar-refractivity contribution in [3.05, 3.63) is 77.1 Å². The second-order valence-corrected chi connectivity index (χ2v) is 5.05. The van der Waals surface area contributed by atoms with Crippen molar-refractivity contribution in [2.24, 2.45) is 0 Å². The third kappa shape index (κ3) is 2.88. The quantitative estimate of drug-likeness (QED) is 0.798. The van der Waals surface area contributed by atoms with Crippen molar-refractivity contribution in [3.8, 4) is 0 Å². The van der Waals surface area contributed by atoms with Crippen molar-refractivity contribution in [3.63, 3.8) is 0 Å². The summed E-state index contributed by atoms with van der Waals surface area (Å²) in [6.45, 7) is 0.371. The zero-order valence-electron chi connectivity index (χ0n) is 11.2. The molecule has 0 aliphatic carbocycles. The van der Waals surface area contributed by atoms with Gasteiger partial charge < -0.3 is 5.32 Å². The molecule has 0 bridgehead atoms. The molecular formula is C17H13ClN2O. The lowest BCUT2D eigenvalue weighted by Gasteiger charge is -2.10. The molecule has 0 spiro atoms. The highest BCUT2D eigenvalue weighted by atomic mass is 35.5. The molecule has 0 aliphatic heterocycles. The van der Waals surface area contributed by atoms with Crippen molar-refractivity contribution in [2.75, 3.05) is 0 Å². The number of aromatic nitrogens is 1. The molecule has 4 heteroatoms. The fraction of sp³-hybridized carbons (Fsp3) is 0.0588. The van der Waals surface area contributed by atoms with Crippen LogP contribution in [-0.4, -0.2) is 10.9 Å². The first-order valence-electron chi connectivity index (χ1n) is 6.61. The number of rotatable bonds is 3. The molecule has 0 fully saturated rings. The highest BCUT2D eigenvalue weighted by Crippen LogP contribution is 2.25. The molecule has 0 saturated heterocycles. The van der Waals surface area contributed by atoms with E-state index >= 15 is 0 Å². The highest BCUT2D eigenvalue weighted by molar-refractivity contribution is 6.32. The molecule has 3 nitrogen and oxygen atoms in total. The number of fused-ring (bicyclic) bond motifs is 1. The van der Waals surface area contributed by atoms with Gasteiger partial charge in [-0.15, -0.1) is 0 Å². The van der Waals surface area contributed by atoms with Crippen LogP contribution in [0.4, 0.5) is 0 Å². The van der Waals surface area contributed by atoms with Gasteiger partial charge >= 0.3 is 0 Å². The van der Waals surface area contributed by atoms with Crippen LogP contribution in [0, 0.1) is 0 Å². The summed E-state index contributed by atoms with van der Waals surface area (Å²) >= 11 is 6.27. The standard InChI is InChI=1S/C17H13ClN2O/c18-15-9-8-12-5-1-2-6-13(12)14(15)11-20-17(21)16-7-3-4-10-19-16/h1-10H,11H2,(H,20,21). The van der Waals surface area contributed by atoms with Crippen LogP contribution in [0.25, 0.3) is 10.8 Å². The van der Waals surface area contributed by atoms with E-state index in [2.05, 4.69) is 10.3 Å². The summed E-state index contributed by atoms with van der Waals surface area (Å²) in [5.74, 6) is -0.209. The van der Waals surface area contributed by atoms with Crippen LogP contribution in [0.3, 0.4) is 0 Å². The van der Waals surface area contributed by atoms with Gasteiger partial charge in [-0.2, -0.15) is 0 Å². The maximum absolute atomic E-state index is 12.0. The number of hydrogen-bond acceptors (Lipinski definition) is 2. The Bertz CT molecular complexity index is 787. The second-order valence-electron chi connectivity index (χ2n) is 4.64. The summed E-state index contributed by atoms with van der Waals surface area (Å²) in [6.07, 6.45) is 1.60. The van der Waals surface area contributed by atoms with Gasteiger partial charge in [-0.25, -0.2) is 0 Å². The fourth-order valence-electron chi connectivity index (χ4n) is 2.25. The van der Waals surface area contributed by atoms with E-state index in [9.17, 15) is 4.79 Å². The highest BCUT2D eigenvalue weighted by Gasteiger charge is 2.09. The van der Waals surface area contributed by atoms with Gasteiger partial charge in [-0.05, 0) is 34.5 Å². The third-order valence-corrected chi connectivity index (χ3v) is 3.66. The first kappa shape index (κ1) is 13.6. The van der Waals surface area contributed by atoms with Gasteiger partial charge in [0.1, 0.15) is 5.69 Å². The topological polar surface area (TPSA) is 42.0 Å². The molecule has 2 aromatic carbocycles.